The number of hydrazine groups is 1. The molecule has 112 valence electrons. The minimum absolute atomic E-state index is 0.168. The van der Waals surface area contributed by atoms with E-state index in [1.54, 1.807) is 19.1 Å². The molecule has 3 N–H and O–H groups in total. The first-order valence-corrected chi connectivity index (χ1v) is 7.28. The van der Waals surface area contributed by atoms with E-state index in [0.29, 0.717) is 22.1 Å². The maximum absolute atomic E-state index is 11.5. The highest BCUT2D eigenvalue weighted by Crippen LogP contribution is 2.32. The molecule has 0 fully saturated rings. The van der Waals surface area contributed by atoms with Gasteiger partial charge in [-0.15, -0.1) is 0 Å². The summed E-state index contributed by atoms with van der Waals surface area (Å²) in [6.45, 7) is 3.82. The molecule has 21 heavy (non-hydrogen) atoms. The van der Waals surface area contributed by atoms with E-state index in [1.807, 2.05) is 18.4 Å². The van der Waals surface area contributed by atoms with Crippen LogP contribution in [-0.4, -0.2) is 5.91 Å². The van der Waals surface area contributed by atoms with Crippen molar-refractivity contribution in [2.75, 3.05) is 0 Å². The zero-order valence-electron chi connectivity index (χ0n) is 11.5. The Bertz CT molecular complexity index is 662. The molecule has 0 spiro atoms. The van der Waals surface area contributed by atoms with Gasteiger partial charge >= 0.3 is 5.91 Å². The quantitative estimate of drug-likeness (QED) is 0.488. The lowest BCUT2D eigenvalue weighted by molar-refractivity contribution is 0.0921. The van der Waals surface area contributed by atoms with Crippen LogP contribution in [0.5, 0.6) is 5.75 Å². The number of halogens is 2. The van der Waals surface area contributed by atoms with Crippen LogP contribution in [0.2, 0.25) is 5.02 Å². The molecule has 7 heteroatoms. The molecule has 0 aliphatic heterocycles. The Kier molecular flexibility index (Phi) is 4.92. The van der Waals surface area contributed by atoms with Crippen LogP contribution >= 0.6 is 27.5 Å². The van der Waals surface area contributed by atoms with E-state index in [9.17, 15) is 4.79 Å². The number of rotatable bonds is 4. The molecule has 0 saturated heterocycles. The lowest BCUT2D eigenvalue weighted by atomic mass is 10.2. The molecular formula is C14H14BrClN2O3. The van der Waals surface area contributed by atoms with Crippen LogP contribution in [0.4, 0.5) is 0 Å². The maximum atomic E-state index is 11.5. The Labute approximate surface area is 135 Å². The normalized spacial score (nSPS) is 10.5. The second kappa shape index (κ2) is 6.51. The Balaban J connectivity index is 2.16. The number of carbonyl (C=O) groups excluding carboxylic acids is 1. The lowest BCUT2D eigenvalue weighted by Gasteiger charge is -2.10. The van der Waals surface area contributed by atoms with Crippen LogP contribution < -0.4 is 16.0 Å². The van der Waals surface area contributed by atoms with Crippen molar-refractivity contribution in [3.63, 3.8) is 0 Å². The van der Waals surface area contributed by atoms with Gasteiger partial charge in [0.05, 0.1) is 5.02 Å². The van der Waals surface area contributed by atoms with Gasteiger partial charge in [-0.25, -0.2) is 5.84 Å². The average molecular weight is 374 g/mol. The summed E-state index contributed by atoms with van der Waals surface area (Å²) in [5, 5.41) is 0.505. The van der Waals surface area contributed by atoms with E-state index in [2.05, 4.69) is 15.9 Å². The van der Waals surface area contributed by atoms with Crippen LogP contribution in [0.25, 0.3) is 0 Å². The van der Waals surface area contributed by atoms with Crippen LogP contribution in [0.15, 0.2) is 27.1 Å². The van der Waals surface area contributed by atoms with Crippen molar-refractivity contribution < 1.29 is 13.9 Å². The van der Waals surface area contributed by atoms with E-state index in [0.717, 1.165) is 10.0 Å². The van der Waals surface area contributed by atoms with E-state index in [4.69, 9.17) is 26.6 Å². The molecule has 5 nitrogen and oxygen atoms in total. The molecule has 1 amide bonds. The van der Waals surface area contributed by atoms with Gasteiger partial charge in [-0.2, -0.15) is 0 Å². The summed E-state index contributed by atoms with van der Waals surface area (Å²) in [6, 6.07) is 5.39. The molecule has 0 unspecified atom stereocenters. The summed E-state index contributed by atoms with van der Waals surface area (Å²) in [7, 11) is 0. The van der Waals surface area contributed by atoms with Crippen molar-refractivity contribution in [3.05, 3.63) is 50.3 Å². The fraction of sp³-hybridized carbons (Fsp3) is 0.214. The minimum atomic E-state index is -0.475. The Morgan fingerprint density at radius 2 is 2.10 bits per heavy atom. The van der Waals surface area contributed by atoms with Gasteiger partial charge < -0.3 is 9.15 Å². The predicted molar refractivity (Wildman–Crippen MR) is 83.3 cm³/mol. The summed E-state index contributed by atoms with van der Waals surface area (Å²) in [5.41, 5.74) is 3.62. The SMILES string of the molecule is Cc1cc(COc2c(C)cc(Br)cc2Cl)oc1C(=O)NN. The molecular weight excluding hydrogens is 360 g/mol. The molecule has 1 aromatic heterocycles. The van der Waals surface area contributed by atoms with Gasteiger partial charge in [0.15, 0.2) is 5.76 Å². The molecule has 0 bridgehead atoms. The summed E-state index contributed by atoms with van der Waals surface area (Å²) >= 11 is 9.51. The van der Waals surface area contributed by atoms with Gasteiger partial charge in [-0.3, -0.25) is 10.2 Å². The summed E-state index contributed by atoms with van der Waals surface area (Å²) in [4.78, 5) is 11.5. The third-order valence-electron chi connectivity index (χ3n) is 2.86. The summed E-state index contributed by atoms with van der Waals surface area (Å²) in [6.07, 6.45) is 0. The predicted octanol–water partition coefficient (Wildman–Crippen LogP) is 3.49. The maximum Gasteiger partial charge on any atom is 0.301 e. The van der Waals surface area contributed by atoms with Gasteiger partial charge in [-0.1, -0.05) is 27.5 Å². The number of hydrogen-bond donors (Lipinski definition) is 2. The molecule has 1 heterocycles. The Hall–Kier alpha value is -1.50. The summed E-state index contributed by atoms with van der Waals surface area (Å²) in [5.74, 6) is 5.89. The number of ether oxygens (including phenoxy) is 1. The van der Waals surface area contributed by atoms with Crippen molar-refractivity contribution in [1.82, 2.24) is 5.43 Å². The number of carbonyl (C=O) groups is 1. The van der Waals surface area contributed by atoms with E-state index >= 15 is 0 Å². The largest absolute Gasteiger partial charge is 0.484 e. The molecule has 1 aromatic carbocycles. The van der Waals surface area contributed by atoms with Crippen LogP contribution in [0.3, 0.4) is 0 Å². The van der Waals surface area contributed by atoms with E-state index < -0.39 is 5.91 Å². The third-order valence-corrected chi connectivity index (χ3v) is 3.60. The highest BCUT2D eigenvalue weighted by Gasteiger charge is 2.15. The second-order valence-corrected chi connectivity index (χ2v) is 5.84. The van der Waals surface area contributed by atoms with E-state index in [-0.39, 0.29) is 12.4 Å². The third kappa shape index (κ3) is 3.58. The number of nitrogens with one attached hydrogen (secondary N) is 1. The van der Waals surface area contributed by atoms with Crippen LogP contribution in [0.1, 0.15) is 27.4 Å². The zero-order chi connectivity index (χ0) is 15.6. The number of furan rings is 1. The van der Waals surface area contributed by atoms with Crippen molar-refractivity contribution in [3.8, 4) is 5.75 Å². The number of benzene rings is 1. The fourth-order valence-corrected chi connectivity index (χ4v) is 2.95. The molecule has 0 atom stereocenters. The number of hydrogen-bond acceptors (Lipinski definition) is 4. The van der Waals surface area contributed by atoms with Crippen molar-refractivity contribution in [2.24, 2.45) is 5.84 Å². The molecule has 0 radical (unpaired) electrons. The molecule has 2 rings (SSSR count). The van der Waals surface area contributed by atoms with Gasteiger partial charge in [0, 0.05) is 10.0 Å². The highest BCUT2D eigenvalue weighted by molar-refractivity contribution is 9.10. The standard InChI is InChI=1S/C14H14BrClN2O3/c1-7-3-9(15)5-11(16)12(7)20-6-10-4-8(2)13(21-10)14(19)18-17/h3-5H,6,17H2,1-2H3,(H,18,19). The minimum Gasteiger partial charge on any atom is -0.484 e. The monoisotopic (exact) mass is 372 g/mol. The second-order valence-electron chi connectivity index (χ2n) is 4.52. The molecule has 0 aliphatic rings. The van der Waals surface area contributed by atoms with Gasteiger partial charge in [0.2, 0.25) is 0 Å². The number of aryl methyl sites for hydroxylation is 2. The zero-order valence-corrected chi connectivity index (χ0v) is 13.8. The van der Waals surface area contributed by atoms with Crippen molar-refractivity contribution in [1.29, 1.82) is 0 Å². The van der Waals surface area contributed by atoms with Gasteiger partial charge in [-0.05, 0) is 37.6 Å². The highest BCUT2D eigenvalue weighted by atomic mass is 79.9. The Morgan fingerprint density at radius 3 is 2.71 bits per heavy atom. The van der Waals surface area contributed by atoms with Gasteiger partial charge in [0.1, 0.15) is 18.1 Å². The molecule has 0 aliphatic carbocycles. The molecule has 0 saturated carbocycles. The average Bonchev–Trinajstić information content (AvgIpc) is 2.78. The molecule has 2 aromatic rings. The topological polar surface area (TPSA) is 77.5 Å². The smallest absolute Gasteiger partial charge is 0.301 e. The van der Waals surface area contributed by atoms with Crippen molar-refractivity contribution in [2.45, 2.75) is 20.5 Å². The first kappa shape index (κ1) is 15.9. The summed E-state index contributed by atoms with van der Waals surface area (Å²) < 4.78 is 12.0. The number of nitrogen functional groups attached to an aromatic ring is 1. The lowest BCUT2D eigenvalue weighted by Crippen LogP contribution is -2.30. The van der Waals surface area contributed by atoms with Crippen LogP contribution in [0, 0.1) is 13.8 Å². The first-order valence-electron chi connectivity index (χ1n) is 6.11. The Morgan fingerprint density at radius 1 is 1.38 bits per heavy atom. The van der Waals surface area contributed by atoms with E-state index in [1.165, 1.54) is 0 Å². The number of amides is 1. The number of nitrogens with two attached hydrogens (primary N) is 1. The fourth-order valence-electron chi connectivity index (χ4n) is 1.93. The van der Waals surface area contributed by atoms with Gasteiger partial charge in [0.25, 0.3) is 0 Å². The van der Waals surface area contributed by atoms with Crippen LogP contribution in [-0.2, 0) is 6.61 Å². The van der Waals surface area contributed by atoms with Crippen molar-refractivity contribution >= 4 is 33.4 Å². The first-order chi connectivity index (χ1) is 9.92.